The predicted molar refractivity (Wildman–Crippen MR) is 91.0 cm³/mol. The van der Waals surface area contributed by atoms with Crippen molar-refractivity contribution in [2.45, 2.75) is 58.4 Å². The second-order valence-electron chi connectivity index (χ2n) is 6.20. The van der Waals surface area contributed by atoms with Crippen molar-refractivity contribution in [1.29, 1.82) is 0 Å². The number of carbonyl (C=O) groups is 1. The summed E-state index contributed by atoms with van der Waals surface area (Å²) in [6.07, 6.45) is 8.58. The van der Waals surface area contributed by atoms with E-state index in [2.05, 4.69) is 28.2 Å². The highest BCUT2D eigenvalue weighted by molar-refractivity contribution is 9.10. The number of unbranched alkanes of at least 4 members (excludes halogenated alkanes) is 1. The molecule has 1 saturated carbocycles. The minimum Gasteiger partial charge on any atom is -0.352 e. The van der Waals surface area contributed by atoms with E-state index in [9.17, 15) is 4.79 Å². The molecule has 0 saturated heterocycles. The van der Waals surface area contributed by atoms with Crippen LogP contribution in [0.4, 0.5) is 0 Å². The van der Waals surface area contributed by atoms with Crippen molar-refractivity contribution in [2.75, 3.05) is 0 Å². The molecule has 1 aliphatic carbocycles. The molecule has 1 aromatic rings. The SMILES string of the molecule is CCCCC1CCC(C(=O)NCc2ccc(Br)cc2)CC1. The quantitative estimate of drug-likeness (QED) is 0.762. The maximum atomic E-state index is 12.2. The van der Waals surface area contributed by atoms with Crippen LogP contribution in [0.5, 0.6) is 0 Å². The number of hydrogen-bond acceptors (Lipinski definition) is 1. The number of nitrogens with one attached hydrogen (secondary N) is 1. The second kappa shape index (κ2) is 8.57. The highest BCUT2D eigenvalue weighted by Crippen LogP contribution is 2.32. The van der Waals surface area contributed by atoms with Crippen molar-refractivity contribution in [3.05, 3.63) is 34.3 Å². The van der Waals surface area contributed by atoms with Crippen LogP contribution in [-0.4, -0.2) is 5.91 Å². The summed E-state index contributed by atoms with van der Waals surface area (Å²) >= 11 is 3.42. The first-order valence-corrected chi connectivity index (χ1v) is 9.00. The maximum Gasteiger partial charge on any atom is 0.223 e. The lowest BCUT2D eigenvalue weighted by atomic mass is 9.79. The van der Waals surface area contributed by atoms with Gasteiger partial charge in [0.15, 0.2) is 0 Å². The summed E-state index contributed by atoms with van der Waals surface area (Å²) in [5.74, 6) is 1.34. The van der Waals surface area contributed by atoms with Crippen LogP contribution < -0.4 is 5.32 Å². The Bertz CT molecular complexity index is 435. The van der Waals surface area contributed by atoms with E-state index in [1.165, 1.54) is 32.1 Å². The lowest BCUT2D eigenvalue weighted by Gasteiger charge is -2.27. The summed E-state index contributed by atoms with van der Waals surface area (Å²) in [6.45, 7) is 2.89. The molecule has 1 N–H and O–H groups in total. The molecule has 0 spiro atoms. The van der Waals surface area contributed by atoms with E-state index >= 15 is 0 Å². The maximum absolute atomic E-state index is 12.2. The van der Waals surface area contributed by atoms with Crippen LogP contribution in [0.2, 0.25) is 0 Å². The van der Waals surface area contributed by atoms with Crippen molar-refractivity contribution in [3.8, 4) is 0 Å². The van der Waals surface area contributed by atoms with Gasteiger partial charge in [0.25, 0.3) is 0 Å². The Morgan fingerprint density at radius 2 is 1.86 bits per heavy atom. The van der Waals surface area contributed by atoms with Gasteiger partial charge >= 0.3 is 0 Å². The molecule has 1 aromatic carbocycles. The summed E-state index contributed by atoms with van der Waals surface area (Å²) in [7, 11) is 0. The van der Waals surface area contributed by atoms with Gasteiger partial charge in [0.1, 0.15) is 0 Å². The molecule has 0 unspecified atom stereocenters. The van der Waals surface area contributed by atoms with Crippen molar-refractivity contribution in [3.63, 3.8) is 0 Å². The Balaban J connectivity index is 1.71. The Hall–Kier alpha value is -0.830. The topological polar surface area (TPSA) is 29.1 Å². The smallest absolute Gasteiger partial charge is 0.223 e. The van der Waals surface area contributed by atoms with E-state index in [0.29, 0.717) is 6.54 Å². The van der Waals surface area contributed by atoms with E-state index < -0.39 is 0 Å². The fraction of sp³-hybridized carbons (Fsp3) is 0.611. The van der Waals surface area contributed by atoms with Crippen LogP contribution in [0.1, 0.15) is 57.4 Å². The van der Waals surface area contributed by atoms with E-state index in [0.717, 1.165) is 28.8 Å². The van der Waals surface area contributed by atoms with Gasteiger partial charge in [0, 0.05) is 16.9 Å². The molecule has 3 heteroatoms. The van der Waals surface area contributed by atoms with Crippen LogP contribution in [0.25, 0.3) is 0 Å². The van der Waals surface area contributed by atoms with Crippen LogP contribution in [-0.2, 0) is 11.3 Å². The second-order valence-corrected chi connectivity index (χ2v) is 7.12. The van der Waals surface area contributed by atoms with Crippen LogP contribution in [0, 0.1) is 11.8 Å². The van der Waals surface area contributed by atoms with Gasteiger partial charge in [0.2, 0.25) is 5.91 Å². The molecule has 0 aromatic heterocycles. The summed E-state index contributed by atoms with van der Waals surface area (Å²) in [5.41, 5.74) is 1.16. The monoisotopic (exact) mass is 351 g/mol. The largest absolute Gasteiger partial charge is 0.352 e. The highest BCUT2D eigenvalue weighted by Gasteiger charge is 2.25. The molecule has 2 rings (SSSR count). The first-order chi connectivity index (χ1) is 10.2. The lowest BCUT2D eigenvalue weighted by Crippen LogP contribution is -2.32. The molecule has 1 fully saturated rings. The van der Waals surface area contributed by atoms with Crippen LogP contribution >= 0.6 is 15.9 Å². The molecule has 1 aliphatic rings. The van der Waals surface area contributed by atoms with Crippen molar-refractivity contribution >= 4 is 21.8 Å². The third-order valence-corrected chi connectivity index (χ3v) is 5.09. The molecular weight excluding hydrogens is 326 g/mol. The van der Waals surface area contributed by atoms with Crippen LogP contribution in [0.3, 0.4) is 0 Å². The normalized spacial score (nSPS) is 22.0. The zero-order valence-electron chi connectivity index (χ0n) is 12.9. The molecule has 0 radical (unpaired) electrons. The van der Waals surface area contributed by atoms with Gasteiger partial charge in [-0.3, -0.25) is 4.79 Å². The minimum absolute atomic E-state index is 0.235. The Labute approximate surface area is 136 Å². The van der Waals surface area contributed by atoms with Crippen LogP contribution in [0.15, 0.2) is 28.7 Å². The number of amides is 1. The van der Waals surface area contributed by atoms with Gasteiger partial charge in [0.05, 0.1) is 0 Å². The van der Waals surface area contributed by atoms with E-state index in [1.807, 2.05) is 24.3 Å². The van der Waals surface area contributed by atoms with E-state index in [1.54, 1.807) is 0 Å². The van der Waals surface area contributed by atoms with Gasteiger partial charge in [-0.05, 0) is 49.3 Å². The minimum atomic E-state index is 0.235. The lowest BCUT2D eigenvalue weighted by molar-refractivity contribution is -0.126. The fourth-order valence-corrected chi connectivity index (χ4v) is 3.41. The summed E-state index contributed by atoms with van der Waals surface area (Å²) in [4.78, 5) is 12.2. The molecule has 2 nitrogen and oxygen atoms in total. The molecule has 116 valence electrons. The molecule has 0 aliphatic heterocycles. The van der Waals surface area contributed by atoms with Gasteiger partial charge in [-0.1, -0.05) is 54.2 Å². The van der Waals surface area contributed by atoms with Crippen molar-refractivity contribution < 1.29 is 4.79 Å². The van der Waals surface area contributed by atoms with Gasteiger partial charge in [-0.2, -0.15) is 0 Å². The summed E-state index contributed by atoms with van der Waals surface area (Å²) in [5, 5.41) is 3.09. The number of benzene rings is 1. The Kier molecular flexibility index (Phi) is 6.75. The van der Waals surface area contributed by atoms with Crippen molar-refractivity contribution in [2.24, 2.45) is 11.8 Å². The Morgan fingerprint density at radius 3 is 2.48 bits per heavy atom. The zero-order valence-corrected chi connectivity index (χ0v) is 14.5. The average Bonchev–Trinajstić information content (AvgIpc) is 2.52. The van der Waals surface area contributed by atoms with Gasteiger partial charge in [-0.25, -0.2) is 0 Å². The molecule has 0 heterocycles. The fourth-order valence-electron chi connectivity index (χ4n) is 3.14. The number of rotatable bonds is 6. The highest BCUT2D eigenvalue weighted by atomic mass is 79.9. The molecule has 0 bridgehead atoms. The summed E-state index contributed by atoms with van der Waals surface area (Å²) in [6, 6.07) is 8.12. The molecule has 21 heavy (non-hydrogen) atoms. The third kappa shape index (κ3) is 5.46. The number of hydrogen-bond donors (Lipinski definition) is 1. The molecular formula is C18H26BrNO. The zero-order chi connectivity index (χ0) is 15.1. The first-order valence-electron chi connectivity index (χ1n) is 8.21. The van der Waals surface area contributed by atoms with Crippen molar-refractivity contribution in [1.82, 2.24) is 5.32 Å². The standard InChI is InChI=1S/C18H26BrNO/c1-2-3-4-14-5-9-16(10-6-14)18(21)20-13-15-7-11-17(19)12-8-15/h7-8,11-12,14,16H,2-6,9-10,13H2,1H3,(H,20,21). The average molecular weight is 352 g/mol. The molecule has 0 atom stereocenters. The first kappa shape index (κ1) is 16.5. The predicted octanol–water partition coefficient (Wildman–Crippen LogP) is 5.06. The Morgan fingerprint density at radius 1 is 1.19 bits per heavy atom. The van der Waals surface area contributed by atoms with Gasteiger partial charge in [-0.15, -0.1) is 0 Å². The molecule has 1 amide bonds. The number of carbonyl (C=O) groups excluding carboxylic acids is 1. The van der Waals surface area contributed by atoms with E-state index in [4.69, 9.17) is 0 Å². The number of halogens is 1. The third-order valence-electron chi connectivity index (χ3n) is 4.56. The van der Waals surface area contributed by atoms with E-state index in [-0.39, 0.29) is 11.8 Å². The van der Waals surface area contributed by atoms with Gasteiger partial charge < -0.3 is 5.32 Å². The summed E-state index contributed by atoms with van der Waals surface area (Å²) < 4.78 is 1.07.